The fourth-order valence-corrected chi connectivity index (χ4v) is 3.51. The third-order valence-corrected chi connectivity index (χ3v) is 5.30. The molecule has 1 aromatic carbocycles. The van der Waals surface area contributed by atoms with E-state index in [0.29, 0.717) is 36.1 Å². The molecular weight excluding hydrogens is 498 g/mol. The number of benzene rings is 1. The van der Waals surface area contributed by atoms with Crippen LogP contribution in [-0.4, -0.2) is 73.9 Å². The highest BCUT2D eigenvalue weighted by molar-refractivity contribution is 5.74. The second kappa shape index (κ2) is 16.2. The molecule has 1 atom stereocenters. The summed E-state index contributed by atoms with van der Waals surface area (Å²) in [5.74, 6) is -2.10. The number of hydrogen-bond acceptors (Lipinski definition) is 10. The van der Waals surface area contributed by atoms with Crippen molar-refractivity contribution in [1.29, 1.82) is 0 Å². The number of nitrogens with zero attached hydrogens (tertiary/aromatic N) is 2. The minimum atomic E-state index is -0.780. The van der Waals surface area contributed by atoms with Gasteiger partial charge in [-0.3, -0.25) is 19.2 Å². The number of primary amides is 1. The van der Waals surface area contributed by atoms with Crippen molar-refractivity contribution in [2.45, 2.75) is 65.8 Å². The summed E-state index contributed by atoms with van der Waals surface area (Å²) in [5, 5.41) is 0. The van der Waals surface area contributed by atoms with Crippen LogP contribution in [-0.2, 0) is 46.6 Å². The van der Waals surface area contributed by atoms with Crippen LogP contribution >= 0.6 is 0 Å². The first-order valence-electron chi connectivity index (χ1n) is 12.3. The summed E-state index contributed by atoms with van der Waals surface area (Å²) in [6.07, 6.45) is -0.00154. The van der Waals surface area contributed by atoms with E-state index in [-0.39, 0.29) is 31.8 Å². The van der Waals surface area contributed by atoms with Crippen LogP contribution in [0, 0.1) is 0 Å². The zero-order valence-electron chi connectivity index (χ0n) is 23.0. The Balaban J connectivity index is 3.47. The van der Waals surface area contributed by atoms with Gasteiger partial charge in [-0.2, -0.15) is 0 Å². The van der Waals surface area contributed by atoms with E-state index in [2.05, 4.69) is 0 Å². The highest BCUT2D eigenvalue weighted by Gasteiger charge is 2.24. The topological polar surface area (TPSA) is 155 Å². The van der Waals surface area contributed by atoms with Crippen LogP contribution in [0.25, 0.3) is 0 Å². The number of hydrogen-bond donors (Lipinski definition) is 1. The largest absolute Gasteiger partial charge is 0.461 e. The van der Waals surface area contributed by atoms with Crippen molar-refractivity contribution < 1.29 is 42.9 Å². The van der Waals surface area contributed by atoms with Crippen LogP contribution in [0.3, 0.4) is 0 Å². The molecule has 12 heteroatoms. The maximum Gasteiger partial charge on any atom is 0.414 e. The van der Waals surface area contributed by atoms with Gasteiger partial charge in [0, 0.05) is 51.9 Å². The van der Waals surface area contributed by atoms with Gasteiger partial charge in [-0.1, -0.05) is 0 Å². The molecule has 0 aliphatic carbocycles. The van der Waals surface area contributed by atoms with Crippen LogP contribution in [0.4, 0.5) is 4.79 Å². The summed E-state index contributed by atoms with van der Waals surface area (Å²) in [4.78, 5) is 62.5. The molecule has 0 saturated heterocycles. The van der Waals surface area contributed by atoms with Gasteiger partial charge in [0.1, 0.15) is 25.1 Å². The summed E-state index contributed by atoms with van der Waals surface area (Å²) in [6.45, 7) is 4.42. The molecule has 0 aliphatic rings. The van der Waals surface area contributed by atoms with Gasteiger partial charge >= 0.3 is 24.0 Å². The van der Waals surface area contributed by atoms with Gasteiger partial charge in [0.2, 0.25) is 5.91 Å². The van der Waals surface area contributed by atoms with E-state index in [1.54, 1.807) is 19.2 Å². The van der Waals surface area contributed by atoms with Crippen molar-refractivity contribution in [1.82, 2.24) is 9.80 Å². The Labute approximate surface area is 223 Å². The quantitative estimate of drug-likeness (QED) is 0.260. The predicted molar refractivity (Wildman–Crippen MR) is 137 cm³/mol. The predicted octanol–water partition coefficient (Wildman–Crippen LogP) is 2.45. The molecule has 0 aliphatic heterocycles. The zero-order chi connectivity index (χ0) is 28.8. The van der Waals surface area contributed by atoms with Crippen molar-refractivity contribution in [3.05, 3.63) is 28.8 Å². The lowest BCUT2D eigenvalue weighted by Crippen LogP contribution is -2.32. The number of ether oxygens (including phenoxy) is 4. The first-order valence-corrected chi connectivity index (χ1v) is 12.3. The van der Waals surface area contributed by atoms with Crippen molar-refractivity contribution in [3.8, 4) is 5.75 Å². The van der Waals surface area contributed by atoms with E-state index in [9.17, 15) is 24.0 Å². The molecule has 0 bridgehead atoms. The molecule has 12 nitrogen and oxygen atoms in total. The molecular formula is C26H39N3O9. The van der Waals surface area contributed by atoms with Gasteiger partial charge in [-0.25, -0.2) is 4.79 Å². The van der Waals surface area contributed by atoms with E-state index >= 15 is 0 Å². The number of carbonyl (C=O) groups excluding carboxylic acids is 5. The molecule has 2 N–H and O–H groups in total. The van der Waals surface area contributed by atoms with Gasteiger partial charge in [0.05, 0.1) is 0 Å². The molecule has 0 heterocycles. The average Bonchev–Trinajstić information content (AvgIpc) is 2.80. The monoisotopic (exact) mass is 537 g/mol. The molecule has 1 unspecified atom stereocenters. The second-order valence-corrected chi connectivity index (χ2v) is 9.13. The molecule has 1 aromatic rings. The van der Waals surface area contributed by atoms with Gasteiger partial charge < -0.3 is 34.5 Å². The van der Waals surface area contributed by atoms with Gasteiger partial charge in [0.15, 0.2) is 0 Å². The lowest BCUT2D eigenvalue weighted by Gasteiger charge is -2.23. The Morgan fingerprint density at radius 2 is 1.39 bits per heavy atom. The SMILES string of the molecule is CC(=O)OCc1cc(C(CCCC(N)=O)OC(C)=O)cc(COC(C)=O)c1OC(=O)N(C)CCCN(C)C. The number of carbonyl (C=O) groups is 5. The maximum absolute atomic E-state index is 12.9. The maximum atomic E-state index is 12.9. The molecule has 1 rings (SSSR count). The Morgan fingerprint density at radius 1 is 0.842 bits per heavy atom. The normalized spacial score (nSPS) is 11.4. The van der Waals surface area contributed by atoms with Crippen molar-refractivity contribution in [2.75, 3.05) is 34.2 Å². The molecule has 212 valence electrons. The third-order valence-electron chi connectivity index (χ3n) is 5.30. The number of esters is 3. The highest BCUT2D eigenvalue weighted by Crippen LogP contribution is 2.34. The number of rotatable bonds is 15. The Hall–Kier alpha value is -3.67. The average molecular weight is 538 g/mol. The summed E-state index contributed by atoms with van der Waals surface area (Å²) in [7, 11) is 5.46. The standard InChI is InChI=1S/C26H39N3O9/c1-17(30)35-15-21-13-20(23(37-19(3)32)9-7-10-24(27)33)14-22(16-36-18(2)31)25(21)38-26(34)29(6)12-8-11-28(4)5/h13-14,23H,7-12,15-16H2,1-6H3,(H2,27,33). The molecule has 0 spiro atoms. The Bertz CT molecular complexity index is 955. The lowest BCUT2D eigenvalue weighted by atomic mass is 9.97. The van der Waals surface area contributed by atoms with Crippen molar-refractivity contribution in [2.24, 2.45) is 5.73 Å². The first-order chi connectivity index (χ1) is 17.8. The smallest absolute Gasteiger partial charge is 0.414 e. The van der Waals surface area contributed by atoms with Crippen LogP contribution in [0.15, 0.2) is 12.1 Å². The fraction of sp³-hybridized carbons (Fsp3) is 0.577. The first kappa shape index (κ1) is 32.4. The van der Waals surface area contributed by atoms with Crippen LogP contribution in [0.5, 0.6) is 5.75 Å². The van der Waals surface area contributed by atoms with Crippen LogP contribution in [0.1, 0.15) is 69.2 Å². The summed E-state index contributed by atoms with van der Waals surface area (Å²) < 4.78 is 21.6. The zero-order valence-corrected chi connectivity index (χ0v) is 23.0. The number of amides is 2. The van der Waals surface area contributed by atoms with E-state index in [1.165, 1.54) is 25.7 Å². The second-order valence-electron chi connectivity index (χ2n) is 9.13. The number of nitrogens with two attached hydrogens (primary N) is 1. The van der Waals surface area contributed by atoms with E-state index in [0.717, 1.165) is 6.54 Å². The molecule has 38 heavy (non-hydrogen) atoms. The van der Waals surface area contributed by atoms with E-state index in [1.807, 2.05) is 19.0 Å². The highest BCUT2D eigenvalue weighted by atomic mass is 16.6. The third kappa shape index (κ3) is 12.5. The molecule has 0 radical (unpaired) electrons. The van der Waals surface area contributed by atoms with Crippen molar-refractivity contribution >= 4 is 29.9 Å². The fourth-order valence-electron chi connectivity index (χ4n) is 3.51. The van der Waals surface area contributed by atoms with Crippen molar-refractivity contribution in [3.63, 3.8) is 0 Å². The summed E-state index contributed by atoms with van der Waals surface area (Å²) in [6, 6.07) is 3.18. The molecule has 2 amide bonds. The molecule has 0 fully saturated rings. The molecule has 0 saturated carbocycles. The van der Waals surface area contributed by atoms with Crippen LogP contribution in [0.2, 0.25) is 0 Å². The lowest BCUT2D eigenvalue weighted by molar-refractivity contribution is -0.147. The minimum absolute atomic E-state index is 0.0689. The van der Waals surface area contributed by atoms with E-state index < -0.39 is 36.0 Å². The summed E-state index contributed by atoms with van der Waals surface area (Å²) >= 11 is 0. The van der Waals surface area contributed by atoms with Gasteiger partial charge in [-0.15, -0.1) is 0 Å². The van der Waals surface area contributed by atoms with E-state index in [4.69, 9.17) is 24.7 Å². The Kier molecular flexibility index (Phi) is 13.8. The van der Waals surface area contributed by atoms with Crippen LogP contribution < -0.4 is 10.5 Å². The molecule has 0 aromatic heterocycles. The van der Waals surface area contributed by atoms with Gasteiger partial charge in [-0.05, 0) is 57.6 Å². The Morgan fingerprint density at radius 3 is 1.84 bits per heavy atom. The minimum Gasteiger partial charge on any atom is -0.461 e. The van der Waals surface area contributed by atoms with Gasteiger partial charge in [0.25, 0.3) is 0 Å². The summed E-state index contributed by atoms with van der Waals surface area (Å²) in [5.41, 5.74) is 6.33.